The van der Waals surface area contributed by atoms with Gasteiger partial charge in [0, 0.05) is 36.5 Å². The van der Waals surface area contributed by atoms with E-state index >= 15 is 0 Å². The molecule has 1 aliphatic heterocycles. The minimum absolute atomic E-state index is 0.164. The predicted octanol–water partition coefficient (Wildman–Crippen LogP) is 3.19. The molecule has 1 unspecified atom stereocenters. The molecule has 1 atom stereocenters. The van der Waals surface area contributed by atoms with Crippen LogP contribution in [0.1, 0.15) is 46.3 Å². The first-order valence-corrected chi connectivity index (χ1v) is 10.9. The van der Waals surface area contributed by atoms with Gasteiger partial charge in [-0.1, -0.05) is 29.4 Å². The minimum Gasteiger partial charge on any atom is -0.339 e. The van der Waals surface area contributed by atoms with Crippen molar-refractivity contribution in [1.29, 1.82) is 0 Å². The minimum atomic E-state index is -0.164. The Kier molecular flexibility index (Phi) is 5.16. The fraction of sp³-hybridized carbons (Fsp3) is 0.391. The van der Waals surface area contributed by atoms with Crippen LogP contribution in [-0.4, -0.2) is 53.6 Å². The molecule has 1 saturated heterocycles. The Morgan fingerprint density at radius 1 is 1.16 bits per heavy atom. The second kappa shape index (κ2) is 8.14. The van der Waals surface area contributed by atoms with E-state index in [1.807, 2.05) is 56.0 Å². The van der Waals surface area contributed by atoms with Crippen LogP contribution >= 0.6 is 0 Å². The van der Waals surface area contributed by atoms with Crippen molar-refractivity contribution in [2.75, 3.05) is 13.1 Å². The van der Waals surface area contributed by atoms with Gasteiger partial charge in [0.2, 0.25) is 17.5 Å². The standard InChI is InChI=1S/C23H25N7O2/c1-14-7-4-5-9-18(14)20-25-19(32-28-20)12-17-8-6-10-29(13-17)22(31)21-26-23-24-15(2)11-16(3)30(23)27-21/h4-5,7,9,11,17H,6,8,10,12-13H2,1-3H3. The van der Waals surface area contributed by atoms with Crippen LogP contribution in [0.5, 0.6) is 0 Å². The first kappa shape index (κ1) is 20.3. The molecule has 0 N–H and O–H groups in total. The van der Waals surface area contributed by atoms with Crippen molar-refractivity contribution < 1.29 is 9.32 Å². The SMILES string of the molecule is Cc1cc(C)n2nc(C(=O)N3CCCC(Cc4nc(-c5ccccc5C)no4)C3)nc2n1. The number of carbonyl (C=O) groups is 1. The molecule has 4 aromatic rings. The highest BCUT2D eigenvalue weighted by Gasteiger charge is 2.28. The number of hydrogen-bond acceptors (Lipinski definition) is 7. The number of piperidine rings is 1. The van der Waals surface area contributed by atoms with Gasteiger partial charge < -0.3 is 9.42 Å². The molecular weight excluding hydrogens is 406 g/mol. The summed E-state index contributed by atoms with van der Waals surface area (Å²) in [6, 6.07) is 9.90. The van der Waals surface area contributed by atoms with Gasteiger partial charge in [0.1, 0.15) is 0 Å². The average Bonchev–Trinajstić information content (AvgIpc) is 3.41. The maximum Gasteiger partial charge on any atom is 0.293 e. The van der Waals surface area contributed by atoms with Gasteiger partial charge >= 0.3 is 0 Å². The summed E-state index contributed by atoms with van der Waals surface area (Å²) in [4.78, 5) is 28.3. The van der Waals surface area contributed by atoms with E-state index in [4.69, 9.17) is 4.52 Å². The number of rotatable bonds is 4. The monoisotopic (exact) mass is 431 g/mol. The molecule has 1 fully saturated rings. The molecule has 0 aliphatic carbocycles. The van der Waals surface area contributed by atoms with Crippen LogP contribution in [-0.2, 0) is 6.42 Å². The van der Waals surface area contributed by atoms with Crippen molar-refractivity contribution in [3.63, 3.8) is 0 Å². The van der Waals surface area contributed by atoms with E-state index in [2.05, 4.69) is 25.2 Å². The third kappa shape index (κ3) is 3.86. The van der Waals surface area contributed by atoms with Gasteiger partial charge in [-0.05, 0) is 51.2 Å². The van der Waals surface area contributed by atoms with Gasteiger partial charge in [-0.25, -0.2) is 9.50 Å². The van der Waals surface area contributed by atoms with Crippen molar-refractivity contribution in [2.24, 2.45) is 5.92 Å². The van der Waals surface area contributed by atoms with Crippen molar-refractivity contribution >= 4 is 11.7 Å². The summed E-state index contributed by atoms with van der Waals surface area (Å²) in [6.07, 6.45) is 2.56. The Labute approximate surface area is 185 Å². The van der Waals surface area contributed by atoms with Gasteiger partial charge in [-0.2, -0.15) is 9.97 Å². The molecule has 3 aromatic heterocycles. The van der Waals surface area contributed by atoms with Crippen LogP contribution in [0.15, 0.2) is 34.9 Å². The highest BCUT2D eigenvalue weighted by molar-refractivity contribution is 5.91. The molecule has 164 valence electrons. The molecule has 0 saturated carbocycles. The van der Waals surface area contributed by atoms with Crippen molar-refractivity contribution in [3.05, 3.63) is 59.0 Å². The quantitative estimate of drug-likeness (QED) is 0.489. The molecular formula is C23H25N7O2. The Morgan fingerprint density at radius 2 is 2.00 bits per heavy atom. The lowest BCUT2D eigenvalue weighted by Gasteiger charge is -2.31. The number of nitrogens with zero attached hydrogens (tertiary/aromatic N) is 7. The normalized spacial score (nSPS) is 16.6. The second-order valence-electron chi connectivity index (χ2n) is 8.48. The topological polar surface area (TPSA) is 102 Å². The molecule has 4 heterocycles. The van der Waals surface area contributed by atoms with E-state index in [1.165, 1.54) is 0 Å². The fourth-order valence-corrected chi connectivity index (χ4v) is 4.33. The fourth-order valence-electron chi connectivity index (χ4n) is 4.33. The number of hydrogen-bond donors (Lipinski definition) is 0. The van der Waals surface area contributed by atoms with Crippen LogP contribution < -0.4 is 0 Å². The molecule has 1 amide bonds. The first-order chi connectivity index (χ1) is 15.5. The number of aryl methyl sites for hydroxylation is 3. The average molecular weight is 432 g/mol. The summed E-state index contributed by atoms with van der Waals surface area (Å²) in [6.45, 7) is 7.16. The molecule has 32 heavy (non-hydrogen) atoms. The van der Waals surface area contributed by atoms with Gasteiger partial charge in [0.05, 0.1) is 0 Å². The molecule has 0 bridgehead atoms. The zero-order valence-corrected chi connectivity index (χ0v) is 18.4. The third-order valence-electron chi connectivity index (χ3n) is 5.93. The smallest absolute Gasteiger partial charge is 0.293 e. The van der Waals surface area contributed by atoms with Crippen LogP contribution in [0.25, 0.3) is 17.2 Å². The molecule has 9 nitrogen and oxygen atoms in total. The van der Waals surface area contributed by atoms with Crippen LogP contribution in [0, 0.1) is 26.7 Å². The molecule has 0 radical (unpaired) electrons. The number of likely N-dealkylation sites (tertiary alicyclic amines) is 1. The lowest BCUT2D eigenvalue weighted by Crippen LogP contribution is -2.41. The molecule has 5 rings (SSSR count). The van der Waals surface area contributed by atoms with E-state index in [9.17, 15) is 4.79 Å². The highest BCUT2D eigenvalue weighted by atomic mass is 16.5. The summed E-state index contributed by atoms with van der Waals surface area (Å²) in [5.74, 6) is 1.93. The Hall–Kier alpha value is -3.62. The van der Waals surface area contributed by atoms with Crippen LogP contribution in [0.2, 0.25) is 0 Å². The number of carbonyl (C=O) groups excluding carboxylic acids is 1. The zero-order valence-electron chi connectivity index (χ0n) is 18.4. The van der Waals surface area contributed by atoms with E-state index in [1.54, 1.807) is 4.52 Å². The maximum atomic E-state index is 13.1. The molecule has 1 aliphatic rings. The maximum absolute atomic E-state index is 13.1. The van der Waals surface area contributed by atoms with E-state index in [-0.39, 0.29) is 17.6 Å². The molecule has 1 aromatic carbocycles. The molecule has 9 heteroatoms. The Morgan fingerprint density at radius 3 is 2.84 bits per heavy atom. The number of benzene rings is 1. The number of aromatic nitrogens is 6. The van der Waals surface area contributed by atoms with Gasteiger partial charge in [-0.3, -0.25) is 4.79 Å². The Bertz CT molecular complexity index is 1290. The summed E-state index contributed by atoms with van der Waals surface area (Å²) in [5, 5.41) is 8.55. The van der Waals surface area contributed by atoms with E-state index in [0.29, 0.717) is 37.0 Å². The number of amides is 1. The molecule has 0 spiro atoms. The van der Waals surface area contributed by atoms with E-state index < -0.39 is 0 Å². The summed E-state index contributed by atoms with van der Waals surface area (Å²) in [5.41, 5.74) is 3.83. The van der Waals surface area contributed by atoms with Crippen LogP contribution in [0.4, 0.5) is 0 Å². The lowest BCUT2D eigenvalue weighted by molar-refractivity contribution is 0.0656. The Balaban J connectivity index is 1.29. The second-order valence-corrected chi connectivity index (χ2v) is 8.48. The van der Waals surface area contributed by atoms with Gasteiger partial charge in [0.25, 0.3) is 11.7 Å². The third-order valence-corrected chi connectivity index (χ3v) is 5.93. The predicted molar refractivity (Wildman–Crippen MR) is 117 cm³/mol. The summed E-state index contributed by atoms with van der Waals surface area (Å²) < 4.78 is 7.14. The zero-order chi connectivity index (χ0) is 22.2. The largest absolute Gasteiger partial charge is 0.339 e. The first-order valence-electron chi connectivity index (χ1n) is 10.9. The summed E-state index contributed by atoms with van der Waals surface area (Å²) in [7, 11) is 0. The summed E-state index contributed by atoms with van der Waals surface area (Å²) >= 11 is 0. The van der Waals surface area contributed by atoms with Gasteiger partial charge in [0.15, 0.2) is 0 Å². The van der Waals surface area contributed by atoms with Crippen molar-refractivity contribution in [2.45, 2.75) is 40.0 Å². The van der Waals surface area contributed by atoms with Crippen LogP contribution in [0.3, 0.4) is 0 Å². The lowest BCUT2D eigenvalue weighted by atomic mass is 9.94. The van der Waals surface area contributed by atoms with Crippen molar-refractivity contribution in [1.82, 2.24) is 34.6 Å². The highest BCUT2D eigenvalue weighted by Crippen LogP contribution is 2.24. The van der Waals surface area contributed by atoms with E-state index in [0.717, 1.165) is 35.4 Å². The van der Waals surface area contributed by atoms with Crippen molar-refractivity contribution in [3.8, 4) is 11.4 Å². The van der Waals surface area contributed by atoms with Gasteiger partial charge in [-0.15, -0.1) is 5.10 Å². The number of fused-ring (bicyclic) bond motifs is 1.